The minimum absolute atomic E-state index is 0.168. The largest absolute Gasteiger partial charge is 0.369 e. The van der Waals surface area contributed by atoms with Crippen molar-refractivity contribution >= 4 is 11.5 Å². The predicted molar refractivity (Wildman–Crippen MR) is 65.7 cm³/mol. The maximum absolute atomic E-state index is 11.7. The van der Waals surface area contributed by atoms with Crippen LogP contribution in [0.15, 0.2) is 14.8 Å². The molecule has 0 saturated carbocycles. The van der Waals surface area contributed by atoms with Crippen molar-refractivity contribution in [3.05, 3.63) is 25.7 Å². The molecule has 1 heterocycles. The Hall–Kier alpha value is -1.92. The van der Waals surface area contributed by atoms with Gasteiger partial charge in [0.15, 0.2) is 0 Å². The van der Waals surface area contributed by atoms with E-state index in [0.29, 0.717) is 12.5 Å². The second-order valence-electron chi connectivity index (χ2n) is 4.27. The Balaban J connectivity index is 3.42. The molecule has 0 amide bonds. The molecule has 7 nitrogen and oxygen atoms in total. The summed E-state index contributed by atoms with van der Waals surface area (Å²) in [6, 6.07) is 0. The van der Waals surface area contributed by atoms with Gasteiger partial charge in [-0.1, -0.05) is 13.8 Å². The van der Waals surface area contributed by atoms with E-state index in [4.69, 9.17) is 0 Å². The van der Waals surface area contributed by atoms with E-state index in [-0.39, 0.29) is 11.5 Å². The molecule has 17 heavy (non-hydrogen) atoms. The average molecular weight is 240 g/mol. The minimum atomic E-state index is -0.686. The normalized spacial score (nSPS) is 10.6. The Labute approximate surface area is 98.0 Å². The molecule has 94 valence electrons. The molecule has 0 radical (unpaired) electrons. The van der Waals surface area contributed by atoms with Crippen molar-refractivity contribution in [2.24, 2.45) is 25.2 Å². The number of hydrogen-bond donors (Lipinski definition) is 1. The summed E-state index contributed by atoms with van der Waals surface area (Å²) in [5, 5.41) is 5.60. The first-order valence-corrected chi connectivity index (χ1v) is 5.27. The second-order valence-corrected chi connectivity index (χ2v) is 4.27. The van der Waals surface area contributed by atoms with Crippen LogP contribution in [0.2, 0.25) is 0 Å². The number of nitroso groups, excluding NO2 is 1. The van der Waals surface area contributed by atoms with Crippen LogP contribution in [0.4, 0.5) is 11.5 Å². The van der Waals surface area contributed by atoms with Crippen molar-refractivity contribution in [1.82, 2.24) is 9.13 Å². The molecule has 0 fully saturated rings. The maximum atomic E-state index is 11.7. The molecule has 0 saturated heterocycles. The summed E-state index contributed by atoms with van der Waals surface area (Å²) in [6.07, 6.45) is 0. The van der Waals surface area contributed by atoms with E-state index in [1.807, 2.05) is 13.8 Å². The molecular weight excluding hydrogens is 224 g/mol. The van der Waals surface area contributed by atoms with Crippen molar-refractivity contribution in [3.8, 4) is 0 Å². The molecule has 0 atom stereocenters. The quantitative estimate of drug-likeness (QED) is 0.779. The van der Waals surface area contributed by atoms with Crippen LogP contribution in [-0.4, -0.2) is 15.7 Å². The van der Waals surface area contributed by atoms with Gasteiger partial charge >= 0.3 is 5.69 Å². The van der Waals surface area contributed by atoms with Gasteiger partial charge in [-0.15, -0.1) is 4.91 Å². The summed E-state index contributed by atoms with van der Waals surface area (Å²) in [4.78, 5) is 34.0. The molecule has 1 aromatic rings. The standard InChI is InChI=1S/C10H16N4O3/c1-6(2)5-11-8-7(12-17)9(15)14(4)10(16)13(8)3/h6,11H,5H2,1-4H3. The van der Waals surface area contributed by atoms with E-state index >= 15 is 0 Å². The molecule has 0 spiro atoms. The van der Waals surface area contributed by atoms with Gasteiger partial charge in [0.1, 0.15) is 5.82 Å². The van der Waals surface area contributed by atoms with Gasteiger partial charge in [0.2, 0.25) is 5.69 Å². The monoisotopic (exact) mass is 240 g/mol. The van der Waals surface area contributed by atoms with Gasteiger partial charge < -0.3 is 5.32 Å². The number of rotatable bonds is 4. The van der Waals surface area contributed by atoms with Crippen LogP contribution in [0.1, 0.15) is 13.8 Å². The zero-order valence-electron chi connectivity index (χ0n) is 10.4. The number of hydrogen-bond acceptors (Lipinski definition) is 5. The first-order valence-electron chi connectivity index (χ1n) is 5.27. The first-order chi connectivity index (χ1) is 7.90. The van der Waals surface area contributed by atoms with Crippen LogP contribution in [0, 0.1) is 10.8 Å². The van der Waals surface area contributed by atoms with Crippen LogP contribution in [0.25, 0.3) is 0 Å². The molecule has 7 heteroatoms. The SMILES string of the molecule is CC(C)CNc1c(N=O)c(=O)n(C)c(=O)n1C. The van der Waals surface area contributed by atoms with Crippen LogP contribution in [0.5, 0.6) is 0 Å². The van der Waals surface area contributed by atoms with Crippen molar-refractivity contribution in [1.29, 1.82) is 0 Å². The van der Waals surface area contributed by atoms with E-state index in [1.54, 1.807) is 0 Å². The third-order valence-electron chi connectivity index (χ3n) is 2.41. The van der Waals surface area contributed by atoms with Gasteiger partial charge in [0.05, 0.1) is 0 Å². The van der Waals surface area contributed by atoms with Crippen LogP contribution in [-0.2, 0) is 14.1 Å². The molecule has 0 aliphatic rings. The van der Waals surface area contributed by atoms with Crippen LogP contribution < -0.4 is 16.6 Å². The van der Waals surface area contributed by atoms with Crippen molar-refractivity contribution in [2.75, 3.05) is 11.9 Å². The van der Waals surface area contributed by atoms with E-state index in [1.165, 1.54) is 18.7 Å². The van der Waals surface area contributed by atoms with E-state index in [2.05, 4.69) is 10.5 Å². The molecule has 0 aliphatic carbocycles. The molecule has 0 aromatic carbocycles. The summed E-state index contributed by atoms with van der Waals surface area (Å²) >= 11 is 0. The highest BCUT2D eigenvalue weighted by Gasteiger charge is 2.16. The van der Waals surface area contributed by atoms with E-state index in [0.717, 1.165) is 4.57 Å². The highest BCUT2D eigenvalue weighted by atomic mass is 16.3. The smallest absolute Gasteiger partial charge is 0.332 e. The summed E-state index contributed by atoms with van der Waals surface area (Å²) in [5.41, 5.74) is -1.45. The number of nitrogens with one attached hydrogen (secondary N) is 1. The molecular formula is C10H16N4O3. The third kappa shape index (κ3) is 2.43. The molecule has 1 rings (SSSR count). The molecule has 0 unspecified atom stereocenters. The Bertz CT molecular complexity index is 542. The van der Waals surface area contributed by atoms with Gasteiger partial charge in [-0.25, -0.2) is 4.79 Å². The molecule has 0 aliphatic heterocycles. The van der Waals surface area contributed by atoms with Crippen molar-refractivity contribution < 1.29 is 0 Å². The molecule has 1 N–H and O–H groups in total. The summed E-state index contributed by atoms with van der Waals surface area (Å²) < 4.78 is 2.07. The van der Waals surface area contributed by atoms with Crippen molar-refractivity contribution in [3.63, 3.8) is 0 Å². The third-order valence-corrected chi connectivity index (χ3v) is 2.41. The Kier molecular flexibility index (Phi) is 3.82. The van der Waals surface area contributed by atoms with Crippen molar-refractivity contribution in [2.45, 2.75) is 13.8 Å². The summed E-state index contributed by atoms with van der Waals surface area (Å²) in [7, 11) is 2.80. The fourth-order valence-electron chi connectivity index (χ4n) is 1.41. The maximum Gasteiger partial charge on any atom is 0.332 e. The molecule has 1 aromatic heterocycles. The van der Waals surface area contributed by atoms with Gasteiger partial charge in [-0.3, -0.25) is 13.9 Å². The van der Waals surface area contributed by atoms with E-state index in [9.17, 15) is 14.5 Å². The van der Waals surface area contributed by atoms with Gasteiger partial charge in [-0.05, 0) is 11.1 Å². The minimum Gasteiger partial charge on any atom is -0.369 e. The van der Waals surface area contributed by atoms with Gasteiger partial charge in [0, 0.05) is 20.6 Å². The first kappa shape index (κ1) is 13.1. The highest BCUT2D eigenvalue weighted by Crippen LogP contribution is 2.17. The van der Waals surface area contributed by atoms with Gasteiger partial charge in [-0.2, -0.15) is 0 Å². The zero-order chi connectivity index (χ0) is 13.2. The lowest BCUT2D eigenvalue weighted by Gasteiger charge is -2.14. The Morgan fingerprint density at radius 1 is 1.24 bits per heavy atom. The highest BCUT2D eigenvalue weighted by molar-refractivity contribution is 5.59. The summed E-state index contributed by atoms with van der Waals surface area (Å²) in [6.45, 7) is 4.49. The second kappa shape index (κ2) is 4.94. The lowest BCUT2D eigenvalue weighted by molar-refractivity contribution is 0.660. The topological polar surface area (TPSA) is 85.5 Å². The fraction of sp³-hybridized carbons (Fsp3) is 0.600. The van der Waals surface area contributed by atoms with Crippen LogP contribution >= 0.6 is 0 Å². The Morgan fingerprint density at radius 3 is 2.29 bits per heavy atom. The lowest BCUT2D eigenvalue weighted by atomic mass is 10.2. The predicted octanol–water partition coefficient (Wildman–Crippen LogP) is 0.550. The average Bonchev–Trinajstić information content (AvgIpc) is 2.29. The van der Waals surface area contributed by atoms with Crippen LogP contribution in [0.3, 0.4) is 0 Å². The number of aromatic nitrogens is 2. The van der Waals surface area contributed by atoms with E-state index < -0.39 is 11.2 Å². The molecule has 0 bridgehead atoms. The Morgan fingerprint density at radius 2 is 1.82 bits per heavy atom. The lowest BCUT2D eigenvalue weighted by Crippen LogP contribution is -2.38. The van der Waals surface area contributed by atoms with Gasteiger partial charge in [0.25, 0.3) is 5.56 Å². The fourth-order valence-corrected chi connectivity index (χ4v) is 1.41. The number of anilines is 1. The summed E-state index contributed by atoms with van der Waals surface area (Å²) in [5.74, 6) is 0.482. The zero-order valence-corrected chi connectivity index (χ0v) is 10.4. The number of nitrogens with zero attached hydrogens (tertiary/aromatic N) is 3.